The van der Waals surface area contributed by atoms with Crippen LogP contribution in [-0.4, -0.2) is 52.0 Å². The molecule has 3 rings (SSSR count). The van der Waals surface area contributed by atoms with E-state index in [0.717, 1.165) is 37.1 Å². The van der Waals surface area contributed by atoms with Gasteiger partial charge in [0.25, 0.3) is 0 Å². The number of aliphatic hydroxyl groups excluding tert-OH is 1. The highest BCUT2D eigenvalue weighted by atomic mass is 16.3. The smallest absolute Gasteiger partial charge is 0.332 e. The zero-order valence-corrected chi connectivity index (χ0v) is 16.1. The number of piperidine rings is 1. The van der Waals surface area contributed by atoms with E-state index in [0.29, 0.717) is 13.0 Å². The molecule has 0 saturated carbocycles. The van der Waals surface area contributed by atoms with Crippen molar-refractivity contribution >= 4 is 6.03 Å². The molecule has 0 radical (unpaired) electrons. The maximum absolute atomic E-state index is 13.1. The molecule has 150 valence electrons. The van der Waals surface area contributed by atoms with E-state index in [1.165, 1.54) is 6.42 Å². The topological polar surface area (TPSA) is 76.0 Å². The third-order valence-corrected chi connectivity index (χ3v) is 5.05. The average Bonchev–Trinajstić information content (AvgIpc) is 2.74. The van der Waals surface area contributed by atoms with Crippen molar-refractivity contribution in [1.82, 2.24) is 15.3 Å². The van der Waals surface area contributed by atoms with E-state index >= 15 is 0 Å². The second-order valence-corrected chi connectivity index (χ2v) is 7.26. The van der Waals surface area contributed by atoms with Crippen molar-refractivity contribution in [2.75, 3.05) is 19.7 Å². The Morgan fingerprint density at radius 1 is 1.00 bits per heavy atom. The quantitative estimate of drug-likeness (QED) is 0.687. The molecule has 28 heavy (non-hydrogen) atoms. The molecule has 2 aromatic rings. The summed E-state index contributed by atoms with van der Waals surface area (Å²) in [4.78, 5) is 13.1. The van der Waals surface area contributed by atoms with Crippen molar-refractivity contribution in [1.29, 1.82) is 0 Å². The first kappa shape index (κ1) is 20.2. The van der Waals surface area contributed by atoms with Crippen molar-refractivity contribution in [3.05, 3.63) is 65.7 Å². The number of carbonyl (C=O) groups excluding carboxylic acids is 1. The molecule has 0 aromatic heterocycles. The highest BCUT2D eigenvalue weighted by Gasteiger charge is 2.25. The fourth-order valence-corrected chi connectivity index (χ4v) is 3.50. The van der Waals surface area contributed by atoms with E-state index in [9.17, 15) is 15.0 Å². The number of rotatable bonds is 7. The van der Waals surface area contributed by atoms with Gasteiger partial charge in [0.2, 0.25) is 0 Å². The number of hydrogen-bond donors (Lipinski definition) is 3. The van der Waals surface area contributed by atoms with E-state index in [1.54, 1.807) is 29.3 Å². The number of carbonyl (C=O) groups is 1. The predicted octanol–water partition coefficient (Wildman–Crippen LogP) is 2.91. The number of nitrogens with zero attached hydrogens (tertiary/aromatic N) is 2. The first-order chi connectivity index (χ1) is 13.7. The van der Waals surface area contributed by atoms with Crippen LogP contribution in [0.1, 0.15) is 30.4 Å². The molecule has 2 aromatic carbocycles. The van der Waals surface area contributed by atoms with E-state index in [4.69, 9.17) is 0 Å². The van der Waals surface area contributed by atoms with Crippen LogP contribution < -0.4 is 5.32 Å². The molecule has 1 fully saturated rings. The molecule has 0 spiro atoms. The number of nitrogens with one attached hydrogen (secondary N) is 1. The van der Waals surface area contributed by atoms with Crippen molar-refractivity contribution in [2.24, 2.45) is 0 Å². The highest BCUT2D eigenvalue weighted by molar-refractivity contribution is 5.74. The van der Waals surface area contributed by atoms with Crippen molar-refractivity contribution in [3.63, 3.8) is 0 Å². The molecule has 3 N–H and O–H groups in total. The summed E-state index contributed by atoms with van der Waals surface area (Å²) in [6, 6.07) is 16.2. The van der Waals surface area contributed by atoms with Crippen LogP contribution in [-0.2, 0) is 13.0 Å². The lowest BCUT2D eigenvalue weighted by Crippen LogP contribution is -2.54. The maximum atomic E-state index is 13.1. The fraction of sp³-hybridized carbons (Fsp3) is 0.409. The van der Waals surface area contributed by atoms with Gasteiger partial charge in [-0.2, -0.15) is 0 Å². The van der Waals surface area contributed by atoms with Gasteiger partial charge in [0.05, 0.1) is 19.2 Å². The Bertz CT molecular complexity index is 730. The Hall–Kier alpha value is -2.57. The summed E-state index contributed by atoms with van der Waals surface area (Å²) in [5.41, 5.74) is 2.02. The Morgan fingerprint density at radius 2 is 1.68 bits per heavy atom. The lowest BCUT2D eigenvalue weighted by molar-refractivity contribution is -0.00986. The third kappa shape index (κ3) is 5.71. The Morgan fingerprint density at radius 3 is 2.32 bits per heavy atom. The van der Waals surface area contributed by atoms with E-state index in [-0.39, 0.29) is 24.4 Å². The summed E-state index contributed by atoms with van der Waals surface area (Å²) in [5.74, 6) is 0.201. The maximum Gasteiger partial charge on any atom is 0.332 e. The molecule has 0 aliphatic carbocycles. The second kappa shape index (κ2) is 10.1. The molecular formula is C22H29N3O3. The molecule has 1 atom stereocenters. The summed E-state index contributed by atoms with van der Waals surface area (Å²) in [6.07, 6.45) is 3.85. The van der Waals surface area contributed by atoms with Crippen LogP contribution in [0.15, 0.2) is 54.6 Å². The fourth-order valence-electron chi connectivity index (χ4n) is 3.50. The van der Waals surface area contributed by atoms with Gasteiger partial charge in [-0.1, -0.05) is 48.9 Å². The van der Waals surface area contributed by atoms with Crippen LogP contribution >= 0.6 is 0 Å². The van der Waals surface area contributed by atoms with Gasteiger partial charge in [-0.05, 0) is 42.5 Å². The van der Waals surface area contributed by atoms with Gasteiger partial charge in [-0.25, -0.2) is 9.80 Å². The molecule has 1 aliphatic rings. The molecule has 6 nitrogen and oxygen atoms in total. The summed E-state index contributed by atoms with van der Waals surface area (Å²) >= 11 is 0. The van der Waals surface area contributed by atoms with Crippen LogP contribution in [0, 0.1) is 0 Å². The summed E-state index contributed by atoms with van der Waals surface area (Å²) < 4.78 is 0. The van der Waals surface area contributed by atoms with Crippen molar-refractivity contribution in [3.8, 4) is 5.75 Å². The number of hydrogen-bond acceptors (Lipinski definition) is 4. The third-order valence-electron chi connectivity index (χ3n) is 5.05. The lowest BCUT2D eigenvalue weighted by atomic mass is 10.1. The van der Waals surface area contributed by atoms with Crippen molar-refractivity contribution < 1.29 is 15.0 Å². The number of urea groups is 1. The van der Waals surface area contributed by atoms with Crippen LogP contribution in [0.5, 0.6) is 5.75 Å². The number of aromatic hydroxyl groups is 1. The first-order valence-electron chi connectivity index (χ1n) is 9.91. The molecule has 1 saturated heterocycles. The van der Waals surface area contributed by atoms with Crippen LogP contribution in [0.2, 0.25) is 0 Å². The van der Waals surface area contributed by atoms with Crippen LogP contribution in [0.25, 0.3) is 0 Å². The number of phenolic OH excluding ortho intramolecular Hbond substituents is 1. The van der Waals surface area contributed by atoms with Gasteiger partial charge in [-0.15, -0.1) is 0 Å². The highest BCUT2D eigenvalue weighted by Crippen LogP contribution is 2.16. The zero-order chi connectivity index (χ0) is 19.8. The standard InChI is InChI=1S/C22H29N3O3/c26-17-20(15-18-9-11-21(27)12-10-18)23-22(28)25(24-13-5-2-6-14-24)16-19-7-3-1-4-8-19/h1,3-4,7-12,20,26-27H,2,5-6,13-17H2,(H,23,28)/t20-/m0/s1. The van der Waals surface area contributed by atoms with Crippen LogP contribution in [0.3, 0.4) is 0 Å². The van der Waals surface area contributed by atoms with Gasteiger partial charge in [0, 0.05) is 13.1 Å². The van der Waals surface area contributed by atoms with Crippen LogP contribution in [0.4, 0.5) is 4.79 Å². The van der Waals surface area contributed by atoms with Gasteiger partial charge < -0.3 is 15.5 Å². The number of aliphatic hydroxyl groups is 1. The molecule has 2 amide bonds. The number of amides is 2. The lowest BCUT2D eigenvalue weighted by Gasteiger charge is -2.38. The van der Waals surface area contributed by atoms with Gasteiger partial charge in [0.15, 0.2) is 0 Å². The normalized spacial score (nSPS) is 15.8. The molecule has 6 heteroatoms. The second-order valence-electron chi connectivity index (χ2n) is 7.26. The number of benzene rings is 2. The van der Waals surface area contributed by atoms with Gasteiger partial charge in [0.1, 0.15) is 5.75 Å². The Labute approximate surface area is 166 Å². The van der Waals surface area contributed by atoms with E-state index < -0.39 is 0 Å². The van der Waals surface area contributed by atoms with Gasteiger partial charge >= 0.3 is 6.03 Å². The van der Waals surface area contributed by atoms with E-state index in [2.05, 4.69) is 10.3 Å². The monoisotopic (exact) mass is 383 g/mol. The molecule has 0 unspecified atom stereocenters. The minimum atomic E-state index is -0.389. The minimum absolute atomic E-state index is 0.147. The van der Waals surface area contributed by atoms with Crippen molar-refractivity contribution in [2.45, 2.75) is 38.3 Å². The summed E-state index contributed by atoms with van der Waals surface area (Å²) in [7, 11) is 0. The van der Waals surface area contributed by atoms with Gasteiger partial charge in [-0.3, -0.25) is 5.01 Å². The summed E-state index contributed by atoms with van der Waals surface area (Å²) in [6.45, 7) is 2.08. The zero-order valence-electron chi connectivity index (χ0n) is 16.1. The molecular weight excluding hydrogens is 354 g/mol. The Kier molecular flexibility index (Phi) is 7.28. The average molecular weight is 383 g/mol. The largest absolute Gasteiger partial charge is 0.508 e. The van der Waals surface area contributed by atoms with E-state index in [1.807, 2.05) is 30.3 Å². The molecule has 1 aliphatic heterocycles. The Balaban J connectivity index is 1.68. The number of phenols is 1. The SMILES string of the molecule is O=C(N[C@H](CO)Cc1ccc(O)cc1)N(Cc1ccccc1)N1CCCCC1. The predicted molar refractivity (Wildman–Crippen MR) is 109 cm³/mol. The molecule has 1 heterocycles. The minimum Gasteiger partial charge on any atom is -0.508 e. The number of hydrazine groups is 1. The first-order valence-corrected chi connectivity index (χ1v) is 9.91. The molecule has 0 bridgehead atoms. The summed E-state index contributed by atoms with van der Waals surface area (Å²) in [5, 5.41) is 26.1.